The van der Waals surface area contributed by atoms with E-state index in [0.717, 1.165) is 35.1 Å². The van der Waals surface area contributed by atoms with Crippen LogP contribution in [-0.2, 0) is 13.5 Å². The smallest absolute Gasteiger partial charge is 0.158 e. The zero-order valence-corrected chi connectivity index (χ0v) is 10.7. The normalized spacial score (nSPS) is 10.6. The van der Waals surface area contributed by atoms with Crippen molar-refractivity contribution >= 4 is 5.82 Å². The molecule has 2 rings (SSSR count). The number of hydrogen-bond donors (Lipinski definition) is 1. The number of aryl methyl sites for hydroxylation is 2. The molecule has 0 radical (unpaired) electrons. The Morgan fingerprint density at radius 2 is 2.12 bits per heavy atom. The predicted octanol–water partition coefficient (Wildman–Crippen LogP) is 1.79. The van der Waals surface area contributed by atoms with Gasteiger partial charge in [0.2, 0.25) is 0 Å². The van der Waals surface area contributed by atoms with Crippen LogP contribution in [0.5, 0.6) is 0 Å². The highest BCUT2D eigenvalue weighted by molar-refractivity contribution is 5.62. The monoisotopic (exact) mass is 231 g/mol. The molecule has 90 valence electrons. The third kappa shape index (κ3) is 2.00. The summed E-state index contributed by atoms with van der Waals surface area (Å²) in [5, 5.41) is 3.10. The number of anilines is 1. The molecule has 0 aromatic carbocycles. The Balaban J connectivity index is 2.64. The van der Waals surface area contributed by atoms with Gasteiger partial charge in [0, 0.05) is 38.5 Å². The van der Waals surface area contributed by atoms with Gasteiger partial charge in [-0.2, -0.15) is 0 Å². The minimum atomic E-state index is 0.812. The fourth-order valence-corrected chi connectivity index (χ4v) is 1.78. The first-order valence-electron chi connectivity index (χ1n) is 5.70. The van der Waals surface area contributed by atoms with E-state index >= 15 is 0 Å². The summed E-state index contributed by atoms with van der Waals surface area (Å²) >= 11 is 0. The molecule has 5 nitrogen and oxygen atoms in total. The van der Waals surface area contributed by atoms with Crippen molar-refractivity contribution in [3.63, 3.8) is 0 Å². The molecule has 0 spiro atoms. The lowest BCUT2D eigenvalue weighted by Crippen LogP contribution is -2.06. The summed E-state index contributed by atoms with van der Waals surface area (Å²) in [6.07, 6.45) is 4.51. The van der Waals surface area contributed by atoms with Crippen molar-refractivity contribution in [1.82, 2.24) is 19.5 Å². The van der Waals surface area contributed by atoms with Gasteiger partial charge in [-0.3, -0.25) is 0 Å². The van der Waals surface area contributed by atoms with E-state index in [4.69, 9.17) is 0 Å². The number of hydrogen-bond acceptors (Lipinski definition) is 4. The van der Waals surface area contributed by atoms with E-state index in [1.165, 1.54) is 0 Å². The Kier molecular flexibility index (Phi) is 3.08. The number of nitrogens with one attached hydrogen (secondary N) is 1. The maximum absolute atomic E-state index is 4.57. The van der Waals surface area contributed by atoms with Crippen molar-refractivity contribution < 1.29 is 0 Å². The second-order valence-electron chi connectivity index (χ2n) is 3.93. The van der Waals surface area contributed by atoms with Gasteiger partial charge in [-0.25, -0.2) is 15.0 Å². The van der Waals surface area contributed by atoms with E-state index in [1.807, 2.05) is 38.7 Å². The van der Waals surface area contributed by atoms with E-state index in [2.05, 4.69) is 20.3 Å². The van der Waals surface area contributed by atoms with Crippen LogP contribution in [-0.4, -0.2) is 26.6 Å². The van der Waals surface area contributed by atoms with Gasteiger partial charge < -0.3 is 9.88 Å². The molecular weight excluding hydrogens is 214 g/mol. The number of imidazole rings is 1. The van der Waals surface area contributed by atoms with Gasteiger partial charge in [-0.05, 0) is 6.92 Å². The summed E-state index contributed by atoms with van der Waals surface area (Å²) in [7, 11) is 3.84. The first-order valence-corrected chi connectivity index (χ1v) is 5.70. The molecule has 0 unspecified atom stereocenters. The standard InChI is InChI=1S/C12H17N5/c1-5-9-15-10(8(2)11(13-3)16-9)12-14-6-7-17(12)4/h6-7H,5H2,1-4H3,(H,13,15,16). The molecule has 2 aromatic heterocycles. The van der Waals surface area contributed by atoms with Crippen molar-refractivity contribution in [3.8, 4) is 11.5 Å². The molecule has 0 aliphatic carbocycles. The van der Waals surface area contributed by atoms with Crippen LogP contribution in [0.1, 0.15) is 18.3 Å². The number of rotatable bonds is 3. The Morgan fingerprint density at radius 1 is 1.35 bits per heavy atom. The van der Waals surface area contributed by atoms with Crippen LogP contribution in [0.15, 0.2) is 12.4 Å². The van der Waals surface area contributed by atoms with Gasteiger partial charge in [0.25, 0.3) is 0 Å². The summed E-state index contributed by atoms with van der Waals surface area (Å²) in [6.45, 7) is 4.06. The molecule has 0 atom stereocenters. The first kappa shape index (κ1) is 11.6. The Hall–Kier alpha value is -1.91. The molecule has 5 heteroatoms. The zero-order valence-electron chi connectivity index (χ0n) is 10.7. The van der Waals surface area contributed by atoms with Crippen LogP contribution in [0.4, 0.5) is 5.82 Å². The van der Waals surface area contributed by atoms with Gasteiger partial charge in [0.05, 0.1) is 0 Å². The van der Waals surface area contributed by atoms with Crippen molar-refractivity contribution in [2.45, 2.75) is 20.3 Å². The lowest BCUT2D eigenvalue weighted by molar-refractivity contribution is 0.888. The average Bonchev–Trinajstić information content (AvgIpc) is 2.76. The molecule has 0 saturated carbocycles. The molecule has 0 fully saturated rings. The molecule has 2 aromatic rings. The Labute approximate surface area is 101 Å². The molecule has 0 aliphatic rings. The topological polar surface area (TPSA) is 55.6 Å². The van der Waals surface area contributed by atoms with Gasteiger partial charge in [-0.1, -0.05) is 6.92 Å². The third-order valence-corrected chi connectivity index (χ3v) is 2.78. The van der Waals surface area contributed by atoms with E-state index < -0.39 is 0 Å². The molecule has 0 saturated heterocycles. The summed E-state index contributed by atoms with van der Waals surface area (Å²) in [4.78, 5) is 13.4. The molecule has 1 N–H and O–H groups in total. The highest BCUT2D eigenvalue weighted by Crippen LogP contribution is 2.23. The van der Waals surface area contributed by atoms with Crippen LogP contribution in [0.2, 0.25) is 0 Å². The van der Waals surface area contributed by atoms with Crippen LogP contribution in [0.25, 0.3) is 11.5 Å². The maximum atomic E-state index is 4.57. The van der Waals surface area contributed by atoms with Gasteiger partial charge in [0.1, 0.15) is 17.3 Å². The predicted molar refractivity (Wildman–Crippen MR) is 67.9 cm³/mol. The molecule has 0 aliphatic heterocycles. The second-order valence-corrected chi connectivity index (χ2v) is 3.93. The lowest BCUT2D eigenvalue weighted by atomic mass is 10.2. The maximum Gasteiger partial charge on any atom is 0.158 e. The fraction of sp³-hybridized carbons (Fsp3) is 0.417. The summed E-state index contributed by atoms with van der Waals surface area (Å²) < 4.78 is 1.97. The molecule has 2 heterocycles. The number of aromatic nitrogens is 4. The summed E-state index contributed by atoms with van der Waals surface area (Å²) in [6, 6.07) is 0. The van der Waals surface area contributed by atoms with Gasteiger partial charge in [0.15, 0.2) is 5.82 Å². The Bertz CT molecular complexity index is 530. The number of nitrogens with zero attached hydrogens (tertiary/aromatic N) is 4. The van der Waals surface area contributed by atoms with Crippen molar-refractivity contribution in [2.75, 3.05) is 12.4 Å². The first-order chi connectivity index (χ1) is 8.17. The summed E-state index contributed by atoms with van der Waals surface area (Å²) in [5.74, 6) is 2.57. The molecule has 0 bridgehead atoms. The Morgan fingerprint density at radius 3 is 2.65 bits per heavy atom. The van der Waals surface area contributed by atoms with Crippen LogP contribution in [0.3, 0.4) is 0 Å². The van der Waals surface area contributed by atoms with Crippen LogP contribution >= 0.6 is 0 Å². The van der Waals surface area contributed by atoms with E-state index in [-0.39, 0.29) is 0 Å². The van der Waals surface area contributed by atoms with Crippen LogP contribution in [0, 0.1) is 6.92 Å². The van der Waals surface area contributed by atoms with Gasteiger partial charge in [-0.15, -0.1) is 0 Å². The second kappa shape index (κ2) is 4.53. The molecular formula is C12H17N5. The average molecular weight is 231 g/mol. The molecule has 0 amide bonds. The van der Waals surface area contributed by atoms with E-state index in [1.54, 1.807) is 6.20 Å². The minimum Gasteiger partial charge on any atom is -0.373 e. The summed E-state index contributed by atoms with van der Waals surface area (Å²) in [5.41, 5.74) is 1.92. The SMILES string of the molecule is CCc1nc(NC)c(C)c(-c2nccn2C)n1. The van der Waals surface area contributed by atoms with E-state index in [9.17, 15) is 0 Å². The van der Waals surface area contributed by atoms with Crippen LogP contribution < -0.4 is 5.32 Å². The van der Waals surface area contributed by atoms with Gasteiger partial charge >= 0.3 is 0 Å². The largest absolute Gasteiger partial charge is 0.373 e. The fourth-order valence-electron chi connectivity index (χ4n) is 1.78. The minimum absolute atomic E-state index is 0.812. The van der Waals surface area contributed by atoms with Crippen molar-refractivity contribution in [2.24, 2.45) is 7.05 Å². The van der Waals surface area contributed by atoms with E-state index in [0.29, 0.717) is 0 Å². The zero-order chi connectivity index (χ0) is 12.4. The van der Waals surface area contributed by atoms with Crippen molar-refractivity contribution in [1.29, 1.82) is 0 Å². The van der Waals surface area contributed by atoms with Crippen molar-refractivity contribution in [3.05, 3.63) is 23.8 Å². The molecule has 17 heavy (non-hydrogen) atoms. The third-order valence-electron chi connectivity index (χ3n) is 2.78. The highest BCUT2D eigenvalue weighted by Gasteiger charge is 2.14. The lowest BCUT2D eigenvalue weighted by Gasteiger charge is -2.11. The highest BCUT2D eigenvalue weighted by atomic mass is 15.1. The quantitative estimate of drug-likeness (QED) is 0.875.